The molecular formula is C19H20O4. The number of hydrogen-bond donors (Lipinski definition) is 0. The Kier molecular flexibility index (Phi) is 4.04. The van der Waals surface area contributed by atoms with Gasteiger partial charge in [0.2, 0.25) is 0 Å². The van der Waals surface area contributed by atoms with Crippen molar-refractivity contribution in [2.45, 2.75) is 12.2 Å². The van der Waals surface area contributed by atoms with Crippen molar-refractivity contribution in [2.75, 3.05) is 20.3 Å². The number of fused-ring (bicyclic) bond motifs is 1. The first-order valence-electron chi connectivity index (χ1n) is 7.95. The van der Waals surface area contributed by atoms with Gasteiger partial charge in [0.1, 0.15) is 18.0 Å². The number of rotatable bonds is 3. The predicted octanol–water partition coefficient (Wildman–Crippen LogP) is 3.70. The Morgan fingerprint density at radius 3 is 2.17 bits per heavy atom. The normalized spacial score (nSPS) is 30.0. The first-order valence-corrected chi connectivity index (χ1v) is 7.95. The molecule has 0 saturated carbocycles. The standard InChI is InChI=1S/C19H20O4/c1-20-15-9-5-8-14(10-15)19-17-12-21-11-16(17)18(22-23-19)13-6-3-2-4-7-13/h2-10,16-19H,11-12H2,1H3/t16-,17-,18-,19+/m0/s1. The van der Waals surface area contributed by atoms with Crippen LogP contribution < -0.4 is 4.74 Å². The van der Waals surface area contributed by atoms with Gasteiger partial charge in [-0.1, -0.05) is 42.5 Å². The van der Waals surface area contributed by atoms with Crippen LogP contribution in [-0.4, -0.2) is 20.3 Å². The summed E-state index contributed by atoms with van der Waals surface area (Å²) in [6, 6.07) is 18.2. The van der Waals surface area contributed by atoms with Gasteiger partial charge in [-0.05, 0) is 23.3 Å². The van der Waals surface area contributed by atoms with Crippen LogP contribution in [0.4, 0.5) is 0 Å². The number of hydrogen-bond acceptors (Lipinski definition) is 4. The maximum Gasteiger partial charge on any atom is 0.124 e. The number of benzene rings is 2. The largest absolute Gasteiger partial charge is 0.497 e. The third kappa shape index (κ3) is 2.74. The van der Waals surface area contributed by atoms with E-state index in [1.54, 1.807) is 7.11 Å². The molecular weight excluding hydrogens is 292 g/mol. The van der Waals surface area contributed by atoms with E-state index in [-0.39, 0.29) is 18.1 Å². The van der Waals surface area contributed by atoms with Gasteiger partial charge in [0, 0.05) is 11.8 Å². The monoisotopic (exact) mass is 312 g/mol. The molecule has 4 atom stereocenters. The molecule has 0 aromatic heterocycles. The lowest BCUT2D eigenvalue weighted by Crippen LogP contribution is -2.34. The van der Waals surface area contributed by atoms with Gasteiger partial charge in [-0.15, -0.1) is 0 Å². The SMILES string of the molecule is COc1cccc([C@H]2OO[C@@H](c3ccccc3)[C@H]3COC[C@@H]32)c1. The molecule has 0 amide bonds. The predicted molar refractivity (Wildman–Crippen MR) is 84.9 cm³/mol. The molecule has 2 saturated heterocycles. The van der Waals surface area contributed by atoms with E-state index in [4.69, 9.17) is 19.2 Å². The third-order valence-corrected chi connectivity index (χ3v) is 4.76. The molecule has 2 aliphatic rings. The Hall–Kier alpha value is -1.88. The zero-order valence-corrected chi connectivity index (χ0v) is 13.1. The average molecular weight is 312 g/mol. The fourth-order valence-corrected chi connectivity index (χ4v) is 3.54. The fourth-order valence-electron chi connectivity index (χ4n) is 3.54. The number of methoxy groups -OCH3 is 1. The van der Waals surface area contributed by atoms with Gasteiger partial charge in [0.15, 0.2) is 0 Å². The molecule has 0 spiro atoms. The molecule has 4 rings (SSSR count). The highest BCUT2D eigenvalue weighted by molar-refractivity contribution is 5.31. The molecule has 0 bridgehead atoms. The second-order valence-electron chi connectivity index (χ2n) is 6.09. The van der Waals surface area contributed by atoms with Gasteiger partial charge in [-0.25, -0.2) is 9.78 Å². The van der Waals surface area contributed by atoms with Gasteiger partial charge in [-0.2, -0.15) is 0 Å². The van der Waals surface area contributed by atoms with Crippen molar-refractivity contribution < 1.29 is 19.2 Å². The minimum Gasteiger partial charge on any atom is -0.497 e. The molecule has 2 aromatic carbocycles. The Bertz CT molecular complexity index is 657. The van der Waals surface area contributed by atoms with Crippen LogP contribution in [0.15, 0.2) is 54.6 Å². The van der Waals surface area contributed by atoms with Crippen molar-refractivity contribution in [3.63, 3.8) is 0 Å². The van der Waals surface area contributed by atoms with Crippen molar-refractivity contribution >= 4 is 0 Å². The van der Waals surface area contributed by atoms with E-state index in [1.807, 2.05) is 36.4 Å². The van der Waals surface area contributed by atoms with Crippen LogP contribution in [-0.2, 0) is 14.5 Å². The van der Waals surface area contributed by atoms with Crippen LogP contribution in [0.2, 0.25) is 0 Å². The average Bonchev–Trinajstić information content (AvgIpc) is 3.11. The van der Waals surface area contributed by atoms with E-state index in [0.717, 1.165) is 16.9 Å². The Balaban J connectivity index is 1.61. The molecule has 2 heterocycles. The van der Waals surface area contributed by atoms with Crippen LogP contribution in [0.1, 0.15) is 23.3 Å². The summed E-state index contributed by atoms with van der Waals surface area (Å²) in [6.45, 7) is 1.40. The lowest BCUT2D eigenvalue weighted by molar-refractivity contribution is -0.403. The maximum atomic E-state index is 5.81. The van der Waals surface area contributed by atoms with E-state index >= 15 is 0 Å². The summed E-state index contributed by atoms with van der Waals surface area (Å²) in [6.07, 6.45) is -0.205. The van der Waals surface area contributed by atoms with E-state index in [1.165, 1.54) is 0 Å². The number of ether oxygens (including phenoxy) is 2. The van der Waals surface area contributed by atoms with Gasteiger partial charge in [0.25, 0.3) is 0 Å². The third-order valence-electron chi connectivity index (χ3n) is 4.76. The van der Waals surface area contributed by atoms with Crippen LogP contribution in [0.3, 0.4) is 0 Å². The molecule has 120 valence electrons. The molecule has 0 aliphatic carbocycles. The van der Waals surface area contributed by atoms with Crippen LogP contribution in [0.25, 0.3) is 0 Å². The molecule has 23 heavy (non-hydrogen) atoms. The zero-order valence-electron chi connectivity index (χ0n) is 13.1. The quantitative estimate of drug-likeness (QED) is 0.810. The van der Waals surface area contributed by atoms with Gasteiger partial charge < -0.3 is 9.47 Å². The molecule has 0 unspecified atom stereocenters. The topological polar surface area (TPSA) is 36.9 Å². The smallest absolute Gasteiger partial charge is 0.124 e. The van der Waals surface area contributed by atoms with Crippen molar-refractivity contribution in [2.24, 2.45) is 11.8 Å². The summed E-state index contributed by atoms with van der Waals surface area (Å²) in [4.78, 5) is 11.6. The zero-order chi connectivity index (χ0) is 15.6. The lowest BCUT2D eigenvalue weighted by atomic mass is 9.81. The van der Waals surface area contributed by atoms with E-state index < -0.39 is 0 Å². The minimum atomic E-state index is -0.127. The van der Waals surface area contributed by atoms with Gasteiger partial charge in [-0.3, -0.25) is 0 Å². The summed E-state index contributed by atoms with van der Waals surface area (Å²) in [5, 5.41) is 0. The highest BCUT2D eigenvalue weighted by atomic mass is 17.2. The molecule has 2 aliphatic heterocycles. The maximum absolute atomic E-state index is 5.81. The van der Waals surface area contributed by atoms with E-state index in [2.05, 4.69) is 18.2 Å². The first kappa shape index (κ1) is 14.7. The highest BCUT2D eigenvalue weighted by Crippen LogP contribution is 2.48. The second kappa shape index (κ2) is 6.32. The Morgan fingerprint density at radius 2 is 1.48 bits per heavy atom. The molecule has 2 fully saturated rings. The lowest BCUT2D eigenvalue weighted by Gasteiger charge is -2.37. The van der Waals surface area contributed by atoms with Crippen molar-refractivity contribution in [3.05, 3.63) is 65.7 Å². The first-order chi connectivity index (χ1) is 11.4. The van der Waals surface area contributed by atoms with E-state index in [9.17, 15) is 0 Å². The van der Waals surface area contributed by atoms with Crippen molar-refractivity contribution in [3.8, 4) is 5.75 Å². The van der Waals surface area contributed by atoms with E-state index in [0.29, 0.717) is 19.1 Å². The van der Waals surface area contributed by atoms with Crippen LogP contribution >= 0.6 is 0 Å². The second-order valence-corrected chi connectivity index (χ2v) is 6.09. The minimum absolute atomic E-state index is 0.0782. The molecule has 4 heteroatoms. The van der Waals surface area contributed by atoms with Crippen LogP contribution in [0.5, 0.6) is 5.75 Å². The Morgan fingerprint density at radius 1 is 0.826 bits per heavy atom. The van der Waals surface area contributed by atoms with Gasteiger partial charge in [0.05, 0.1) is 20.3 Å². The molecule has 4 nitrogen and oxygen atoms in total. The molecule has 0 radical (unpaired) electrons. The summed E-state index contributed by atoms with van der Waals surface area (Å²) in [7, 11) is 1.67. The summed E-state index contributed by atoms with van der Waals surface area (Å²) in [5.74, 6) is 1.40. The summed E-state index contributed by atoms with van der Waals surface area (Å²) >= 11 is 0. The summed E-state index contributed by atoms with van der Waals surface area (Å²) < 4.78 is 11.1. The summed E-state index contributed by atoms with van der Waals surface area (Å²) in [5.41, 5.74) is 2.20. The Labute approximate surface area is 135 Å². The van der Waals surface area contributed by atoms with Crippen molar-refractivity contribution in [1.29, 1.82) is 0 Å². The van der Waals surface area contributed by atoms with Gasteiger partial charge >= 0.3 is 0 Å². The van der Waals surface area contributed by atoms with Crippen LogP contribution in [0, 0.1) is 11.8 Å². The molecule has 0 N–H and O–H groups in total. The fraction of sp³-hybridized carbons (Fsp3) is 0.368. The highest BCUT2D eigenvalue weighted by Gasteiger charge is 2.46. The van der Waals surface area contributed by atoms with Crippen molar-refractivity contribution in [1.82, 2.24) is 0 Å². The molecule has 2 aromatic rings.